The van der Waals surface area contributed by atoms with E-state index in [2.05, 4.69) is 0 Å². The van der Waals surface area contributed by atoms with Gasteiger partial charge in [0.25, 0.3) is 0 Å². The largest absolute Gasteiger partial charge is 0.416 e. The first-order valence-electron chi connectivity index (χ1n) is 9.39. The fraction of sp³-hybridized carbons (Fsp3) is 0.524. The van der Waals surface area contributed by atoms with Crippen LogP contribution in [-0.2, 0) is 22.2 Å². The molecule has 1 fully saturated rings. The lowest BCUT2D eigenvalue weighted by Gasteiger charge is -2.39. The number of hydrogen-bond donors (Lipinski definition) is 1. The molecule has 0 aromatic heterocycles. The summed E-state index contributed by atoms with van der Waals surface area (Å²) in [5, 5.41) is 0. The highest BCUT2D eigenvalue weighted by Crippen LogP contribution is 2.47. The van der Waals surface area contributed by atoms with E-state index in [0.29, 0.717) is 31.5 Å². The number of aryl methyl sites for hydroxylation is 1. The SMILES string of the molecule is CC1(C)C[C@@]2(C=C(N)C1=O)CCN(C(=O)CCc1ccc(C(F)(F)F)cc1)C2. The van der Waals surface area contributed by atoms with Crippen molar-refractivity contribution >= 4 is 11.7 Å². The van der Waals surface area contributed by atoms with Crippen molar-refractivity contribution in [3.8, 4) is 0 Å². The maximum Gasteiger partial charge on any atom is 0.416 e. The number of halogens is 3. The first kappa shape index (κ1) is 20.4. The van der Waals surface area contributed by atoms with E-state index in [1.807, 2.05) is 19.9 Å². The summed E-state index contributed by atoms with van der Waals surface area (Å²) in [5.41, 5.74) is 5.40. The van der Waals surface area contributed by atoms with Crippen molar-refractivity contribution in [2.24, 2.45) is 16.6 Å². The zero-order valence-corrected chi connectivity index (χ0v) is 16.1. The average molecular weight is 394 g/mol. The number of Topliss-reactive ketones (excluding diaryl/α,β-unsaturated/α-hetero) is 1. The van der Waals surface area contributed by atoms with Gasteiger partial charge in [0.05, 0.1) is 11.3 Å². The van der Waals surface area contributed by atoms with Gasteiger partial charge in [0.1, 0.15) is 0 Å². The Morgan fingerprint density at radius 2 is 1.86 bits per heavy atom. The Morgan fingerprint density at radius 1 is 1.21 bits per heavy atom. The third-order valence-electron chi connectivity index (χ3n) is 5.78. The molecule has 1 atom stereocenters. The van der Waals surface area contributed by atoms with Gasteiger partial charge in [-0.1, -0.05) is 26.0 Å². The van der Waals surface area contributed by atoms with Gasteiger partial charge in [-0.3, -0.25) is 9.59 Å². The molecular weight excluding hydrogens is 369 g/mol. The summed E-state index contributed by atoms with van der Waals surface area (Å²) in [7, 11) is 0. The molecule has 3 rings (SSSR count). The van der Waals surface area contributed by atoms with E-state index in [1.54, 1.807) is 4.90 Å². The third kappa shape index (κ3) is 4.08. The zero-order valence-electron chi connectivity index (χ0n) is 16.1. The first-order chi connectivity index (χ1) is 12.9. The molecule has 1 saturated heterocycles. The van der Waals surface area contributed by atoms with Crippen LogP contribution in [0.4, 0.5) is 13.2 Å². The minimum atomic E-state index is -4.36. The Hall–Kier alpha value is -2.31. The highest BCUT2D eigenvalue weighted by molar-refractivity contribution is 5.99. The minimum Gasteiger partial charge on any atom is -0.396 e. The Balaban J connectivity index is 1.60. The van der Waals surface area contributed by atoms with Crippen molar-refractivity contribution in [1.29, 1.82) is 0 Å². The minimum absolute atomic E-state index is 0.0292. The Kier molecular flexibility index (Phi) is 5.06. The topological polar surface area (TPSA) is 63.4 Å². The van der Waals surface area contributed by atoms with Crippen molar-refractivity contribution in [3.63, 3.8) is 0 Å². The zero-order chi connectivity index (χ0) is 20.7. The molecule has 1 aliphatic heterocycles. The van der Waals surface area contributed by atoms with Gasteiger partial charge < -0.3 is 10.6 Å². The van der Waals surface area contributed by atoms with Gasteiger partial charge in [0.2, 0.25) is 5.91 Å². The van der Waals surface area contributed by atoms with Gasteiger partial charge in [-0.05, 0) is 43.0 Å². The normalized spacial score (nSPS) is 24.5. The summed E-state index contributed by atoms with van der Waals surface area (Å²) in [4.78, 5) is 26.6. The van der Waals surface area contributed by atoms with E-state index in [9.17, 15) is 22.8 Å². The number of hydrogen-bond acceptors (Lipinski definition) is 3. The van der Waals surface area contributed by atoms with Crippen molar-refractivity contribution in [3.05, 3.63) is 47.2 Å². The second-order valence-electron chi connectivity index (χ2n) is 8.61. The van der Waals surface area contributed by atoms with Crippen LogP contribution in [0.15, 0.2) is 36.0 Å². The number of benzene rings is 1. The van der Waals surface area contributed by atoms with Crippen molar-refractivity contribution < 1.29 is 22.8 Å². The van der Waals surface area contributed by atoms with E-state index < -0.39 is 17.2 Å². The lowest BCUT2D eigenvalue weighted by atomic mass is 9.65. The van der Waals surface area contributed by atoms with Crippen LogP contribution in [0.2, 0.25) is 0 Å². The highest BCUT2D eigenvalue weighted by atomic mass is 19.4. The molecule has 152 valence electrons. The number of nitrogens with zero attached hydrogens (tertiary/aromatic N) is 1. The molecular formula is C21H25F3N2O2. The molecule has 2 aliphatic rings. The number of rotatable bonds is 3. The fourth-order valence-electron chi connectivity index (χ4n) is 4.44. The summed E-state index contributed by atoms with van der Waals surface area (Å²) in [6.07, 6.45) is -0.490. The molecule has 28 heavy (non-hydrogen) atoms. The molecule has 0 saturated carbocycles. The van der Waals surface area contributed by atoms with Gasteiger partial charge in [0, 0.05) is 30.3 Å². The molecule has 7 heteroatoms. The standard InChI is InChI=1S/C21H25F3N2O2/c1-19(2)12-20(11-16(25)18(19)28)9-10-26(13-20)17(27)8-5-14-3-6-15(7-4-14)21(22,23)24/h3-4,6-7,11H,5,8-10,12-13,25H2,1-2H3/t20-/m0/s1. The van der Waals surface area contributed by atoms with E-state index >= 15 is 0 Å². The van der Waals surface area contributed by atoms with E-state index in [-0.39, 0.29) is 29.2 Å². The van der Waals surface area contributed by atoms with E-state index in [0.717, 1.165) is 18.6 Å². The lowest BCUT2D eigenvalue weighted by molar-refractivity contribution is -0.137. The van der Waals surface area contributed by atoms with Crippen LogP contribution in [0.3, 0.4) is 0 Å². The summed E-state index contributed by atoms with van der Waals surface area (Å²) >= 11 is 0. The van der Waals surface area contributed by atoms with Crippen molar-refractivity contribution in [2.75, 3.05) is 13.1 Å². The lowest BCUT2D eigenvalue weighted by Crippen LogP contribution is -2.42. The predicted molar refractivity (Wildman–Crippen MR) is 99.1 cm³/mol. The average Bonchev–Trinajstić information content (AvgIpc) is 3.00. The fourth-order valence-corrected chi connectivity index (χ4v) is 4.44. The number of carbonyl (C=O) groups excluding carboxylic acids is 2. The molecule has 1 aromatic rings. The number of ketones is 1. The maximum absolute atomic E-state index is 12.6. The second-order valence-corrected chi connectivity index (χ2v) is 8.61. The van der Waals surface area contributed by atoms with Crippen LogP contribution in [0.1, 0.15) is 44.2 Å². The molecule has 4 nitrogen and oxygen atoms in total. The molecule has 1 amide bonds. The highest BCUT2D eigenvalue weighted by Gasteiger charge is 2.48. The monoisotopic (exact) mass is 394 g/mol. The van der Waals surface area contributed by atoms with Gasteiger partial charge in [-0.2, -0.15) is 13.2 Å². The summed E-state index contributed by atoms with van der Waals surface area (Å²) in [5.74, 6) is -0.0799. The molecule has 2 N–H and O–H groups in total. The molecule has 1 spiro atoms. The molecule has 0 bridgehead atoms. The molecule has 1 aliphatic carbocycles. The number of alkyl halides is 3. The molecule has 1 aromatic carbocycles. The van der Waals surface area contributed by atoms with Gasteiger partial charge in [-0.25, -0.2) is 0 Å². The maximum atomic E-state index is 12.6. The predicted octanol–water partition coefficient (Wildman–Crippen LogP) is 3.70. The Bertz CT molecular complexity index is 812. The third-order valence-corrected chi connectivity index (χ3v) is 5.78. The van der Waals surface area contributed by atoms with Crippen LogP contribution in [0.5, 0.6) is 0 Å². The molecule has 0 unspecified atom stereocenters. The first-order valence-corrected chi connectivity index (χ1v) is 9.39. The van der Waals surface area contributed by atoms with E-state index in [4.69, 9.17) is 5.73 Å². The molecule has 0 radical (unpaired) electrons. The smallest absolute Gasteiger partial charge is 0.396 e. The number of carbonyl (C=O) groups is 2. The number of amides is 1. The Morgan fingerprint density at radius 3 is 2.43 bits per heavy atom. The van der Waals surface area contributed by atoms with Gasteiger partial charge in [0.15, 0.2) is 5.78 Å². The number of likely N-dealkylation sites (tertiary alicyclic amines) is 1. The van der Waals surface area contributed by atoms with Gasteiger partial charge >= 0.3 is 6.18 Å². The van der Waals surface area contributed by atoms with Crippen LogP contribution in [0, 0.1) is 10.8 Å². The number of allylic oxidation sites excluding steroid dienone is 1. The van der Waals surface area contributed by atoms with Crippen LogP contribution in [-0.4, -0.2) is 29.7 Å². The van der Waals surface area contributed by atoms with Crippen LogP contribution >= 0.6 is 0 Å². The van der Waals surface area contributed by atoms with Crippen LogP contribution in [0.25, 0.3) is 0 Å². The van der Waals surface area contributed by atoms with Crippen molar-refractivity contribution in [2.45, 2.75) is 45.7 Å². The van der Waals surface area contributed by atoms with Gasteiger partial charge in [-0.15, -0.1) is 0 Å². The summed E-state index contributed by atoms with van der Waals surface area (Å²) in [6.45, 7) is 4.88. The molecule has 1 heterocycles. The number of nitrogens with two attached hydrogens (primary N) is 1. The van der Waals surface area contributed by atoms with Crippen molar-refractivity contribution in [1.82, 2.24) is 4.90 Å². The van der Waals surface area contributed by atoms with Crippen LogP contribution < -0.4 is 5.73 Å². The summed E-state index contributed by atoms with van der Waals surface area (Å²) < 4.78 is 37.9. The summed E-state index contributed by atoms with van der Waals surface area (Å²) in [6, 6.07) is 4.92. The Labute approximate surface area is 162 Å². The van der Waals surface area contributed by atoms with E-state index in [1.165, 1.54) is 12.1 Å². The quantitative estimate of drug-likeness (QED) is 0.850. The second kappa shape index (κ2) is 6.94.